The van der Waals surface area contributed by atoms with Gasteiger partial charge < -0.3 is 14.8 Å². The molecule has 9 heteroatoms. The van der Waals surface area contributed by atoms with E-state index in [1.165, 1.54) is 13.2 Å². The third-order valence-corrected chi connectivity index (χ3v) is 4.10. The molecular weight excluding hydrogens is 378 g/mol. The Morgan fingerprint density at radius 1 is 1.17 bits per heavy atom. The van der Waals surface area contributed by atoms with E-state index in [9.17, 15) is 19.7 Å². The molecule has 0 unspecified atom stereocenters. The Morgan fingerprint density at radius 3 is 2.62 bits per heavy atom. The summed E-state index contributed by atoms with van der Waals surface area (Å²) >= 11 is 0. The zero-order valence-electron chi connectivity index (χ0n) is 15.7. The average Bonchev–Trinajstić information content (AvgIpc) is 2.73. The average molecular weight is 395 g/mol. The number of fused-ring (bicyclic) bond motifs is 1. The number of aromatic nitrogens is 1. The Labute approximate surface area is 165 Å². The van der Waals surface area contributed by atoms with Gasteiger partial charge in [0.2, 0.25) is 0 Å². The van der Waals surface area contributed by atoms with Crippen molar-refractivity contribution in [3.8, 4) is 5.75 Å². The van der Waals surface area contributed by atoms with E-state index in [-0.39, 0.29) is 23.4 Å². The van der Waals surface area contributed by atoms with Crippen LogP contribution in [-0.2, 0) is 4.74 Å². The van der Waals surface area contributed by atoms with Crippen LogP contribution in [0.3, 0.4) is 0 Å². The maximum Gasteiger partial charge on any atom is 0.338 e. The van der Waals surface area contributed by atoms with E-state index in [2.05, 4.69) is 10.3 Å². The number of nitrogens with zero attached hydrogens (tertiary/aromatic N) is 2. The van der Waals surface area contributed by atoms with E-state index in [1.807, 2.05) is 0 Å². The molecule has 0 saturated heterocycles. The van der Waals surface area contributed by atoms with Gasteiger partial charge >= 0.3 is 5.97 Å². The number of nitro groups is 1. The van der Waals surface area contributed by atoms with Crippen LogP contribution in [0, 0.1) is 10.1 Å². The molecule has 1 N–H and O–H groups in total. The fourth-order valence-electron chi connectivity index (χ4n) is 2.79. The summed E-state index contributed by atoms with van der Waals surface area (Å²) in [6.07, 6.45) is 1.60. The number of anilines is 1. The molecule has 0 aliphatic rings. The summed E-state index contributed by atoms with van der Waals surface area (Å²) in [6.45, 7) is 1.72. The number of amides is 1. The number of hydrogen-bond acceptors (Lipinski definition) is 7. The number of non-ortho nitro benzene ring substituents is 1. The van der Waals surface area contributed by atoms with E-state index in [0.29, 0.717) is 22.3 Å². The van der Waals surface area contributed by atoms with E-state index in [4.69, 9.17) is 9.47 Å². The lowest BCUT2D eigenvalue weighted by Gasteiger charge is -2.11. The molecule has 0 aliphatic heterocycles. The van der Waals surface area contributed by atoms with Gasteiger partial charge in [0.25, 0.3) is 11.6 Å². The monoisotopic (exact) mass is 395 g/mol. The molecule has 0 atom stereocenters. The lowest BCUT2D eigenvalue weighted by molar-refractivity contribution is -0.384. The van der Waals surface area contributed by atoms with E-state index < -0.39 is 16.8 Å². The number of pyridine rings is 1. The Balaban J connectivity index is 2.00. The van der Waals surface area contributed by atoms with Crippen molar-refractivity contribution in [3.63, 3.8) is 0 Å². The predicted octanol–water partition coefficient (Wildman–Crippen LogP) is 3.58. The quantitative estimate of drug-likeness (QED) is 0.385. The highest BCUT2D eigenvalue weighted by molar-refractivity contribution is 6.10. The Bertz CT molecular complexity index is 1110. The lowest BCUT2D eigenvalue weighted by Crippen LogP contribution is -2.14. The fraction of sp³-hybridized carbons (Fsp3) is 0.150. The first-order chi connectivity index (χ1) is 13.9. The summed E-state index contributed by atoms with van der Waals surface area (Å²) in [6, 6.07) is 10.2. The van der Waals surface area contributed by atoms with Crippen molar-refractivity contribution in [2.75, 3.05) is 19.0 Å². The standard InChI is InChI=1S/C20H17N3O6/c1-3-29-20(25)13-9-12(10-14(11-13)23(26)27)19(24)22-16-6-7-17(28-2)18-15(16)5-4-8-21-18/h4-11H,3H2,1-2H3,(H,22,24). The molecule has 0 radical (unpaired) electrons. The normalized spacial score (nSPS) is 10.4. The second-order valence-electron chi connectivity index (χ2n) is 5.92. The molecule has 9 nitrogen and oxygen atoms in total. The number of esters is 1. The highest BCUT2D eigenvalue weighted by Gasteiger charge is 2.19. The minimum absolute atomic E-state index is 0.0462. The molecule has 29 heavy (non-hydrogen) atoms. The SMILES string of the molecule is CCOC(=O)c1cc(C(=O)Nc2ccc(OC)c3ncccc23)cc([N+](=O)[O-])c1. The minimum atomic E-state index is -0.746. The van der Waals surface area contributed by atoms with Crippen LogP contribution in [0.2, 0.25) is 0 Å². The van der Waals surface area contributed by atoms with E-state index >= 15 is 0 Å². The molecule has 1 amide bonds. The van der Waals surface area contributed by atoms with Crippen molar-refractivity contribution in [2.24, 2.45) is 0 Å². The van der Waals surface area contributed by atoms with Gasteiger partial charge in [0.05, 0.1) is 29.9 Å². The van der Waals surface area contributed by atoms with E-state index in [1.54, 1.807) is 37.4 Å². The number of hydrogen-bond donors (Lipinski definition) is 1. The number of nitrogens with one attached hydrogen (secondary N) is 1. The van der Waals surface area contributed by atoms with Crippen molar-refractivity contribution < 1.29 is 24.0 Å². The smallest absolute Gasteiger partial charge is 0.338 e. The predicted molar refractivity (Wildman–Crippen MR) is 105 cm³/mol. The van der Waals surface area contributed by atoms with Crippen molar-refractivity contribution >= 4 is 34.2 Å². The van der Waals surface area contributed by atoms with Crippen LogP contribution in [0.4, 0.5) is 11.4 Å². The van der Waals surface area contributed by atoms with Crippen LogP contribution in [-0.4, -0.2) is 35.5 Å². The molecular formula is C20H17N3O6. The highest BCUT2D eigenvalue weighted by atomic mass is 16.6. The molecule has 0 saturated carbocycles. The van der Waals surface area contributed by atoms with Crippen molar-refractivity contribution in [3.05, 3.63) is 69.9 Å². The first-order valence-electron chi connectivity index (χ1n) is 8.64. The zero-order chi connectivity index (χ0) is 21.0. The molecule has 3 aromatic rings. The van der Waals surface area contributed by atoms with Gasteiger partial charge in [0, 0.05) is 29.3 Å². The van der Waals surface area contributed by atoms with Gasteiger partial charge in [-0.15, -0.1) is 0 Å². The van der Waals surface area contributed by atoms with E-state index in [0.717, 1.165) is 12.1 Å². The lowest BCUT2D eigenvalue weighted by atomic mass is 10.1. The summed E-state index contributed by atoms with van der Waals surface area (Å²) in [5, 5.41) is 14.6. The molecule has 1 heterocycles. The van der Waals surface area contributed by atoms with Crippen LogP contribution in [0.1, 0.15) is 27.6 Å². The Morgan fingerprint density at radius 2 is 1.93 bits per heavy atom. The maximum absolute atomic E-state index is 12.8. The number of benzene rings is 2. The van der Waals surface area contributed by atoms with Crippen LogP contribution < -0.4 is 10.1 Å². The molecule has 0 bridgehead atoms. The molecule has 3 rings (SSSR count). The Hall–Kier alpha value is -4.01. The number of rotatable bonds is 6. The van der Waals surface area contributed by atoms with Gasteiger partial charge in [-0.2, -0.15) is 0 Å². The van der Waals surface area contributed by atoms with Crippen LogP contribution in [0.15, 0.2) is 48.7 Å². The Kier molecular flexibility index (Phi) is 5.68. The maximum atomic E-state index is 12.8. The van der Waals surface area contributed by atoms with Crippen LogP contribution in [0.5, 0.6) is 5.75 Å². The fourth-order valence-corrected chi connectivity index (χ4v) is 2.79. The summed E-state index contributed by atoms with van der Waals surface area (Å²) in [7, 11) is 1.52. The van der Waals surface area contributed by atoms with Gasteiger partial charge in [-0.3, -0.25) is 19.9 Å². The molecule has 2 aromatic carbocycles. The van der Waals surface area contributed by atoms with Gasteiger partial charge in [0.1, 0.15) is 11.3 Å². The molecule has 0 spiro atoms. The van der Waals surface area contributed by atoms with Gasteiger partial charge in [0.15, 0.2) is 0 Å². The summed E-state index contributed by atoms with van der Waals surface area (Å²) in [5.74, 6) is -0.822. The topological polar surface area (TPSA) is 121 Å². The minimum Gasteiger partial charge on any atom is -0.494 e. The van der Waals surface area contributed by atoms with Gasteiger partial charge in [-0.1, -0.05) is 0 Å². The third-order valence-electron chi connectivity index (χ3n) is 4.10. The molecule has 0 fully saturated rings. The zero-order valence-corrected chi connectivity index (χ0v) is 15.7. The van der Waals surface area contributed by atoms with Crippen LogP contribution in [0.25, 0.3) is 10.9 Å². The largest absolute Gasteiger partial charge is 0.494 e. The highest BCUT2D eigenvalue weighted by Crippen LogP contribution is 2.30. The van der Waals surface area contributed by atoms with Crippen molar-refractivity contribution in [1.29, 1.82) is 0 Å². The number of carbonyl (C=O) groups is 2. The second kappa shape index (κ2) is 8.34. The number of carbonyl (C=O) groups excluding carboxylic acids is 2. The number of methoxy groups -OCH3 is 1. The third kappa shape index (κ3) is 4.13. The molecule has 148 valence electrons. The number of ether oxygens (including phenoxy) is 2. The second-order valence-corrected chi connectivity index (χ2v) is 5.92. The first kappa shape index (κ1) is 19.7. The summed E-state index contributed by atoms with van der Waals surface area (Å²) < 4.78 is 10.2. The summed E-state index contributed by atoms with van der Waals surface area (Å²) in [5.41, 5.74) is 0.492. The molecule has 1 aromatic heterocycles. The number of nitro benzene ring substituents is 1. The van der Waals surface area contributed by atoms with Crippen LogP contribution >= 0.6 is 0 Å². The molecule has 0 aliphatic carbocycles. The summed E-state index contributed by atoms with van der Waals surface area (Å²) in [4.78, 5) is 39.6. The van der Waals surface area contributed by atoms with Gasteiger partial charge in [-0.05, 0) is 37.3 Å². The van der Waals surface area contributed by atoms with Gasteiger partial charge in [-0.25, -0.2) is 4.79 Å². The van der Waals surface area contributed by atoms with Crippen molar-refractivity contribution in [1.82, 2.24) is 4.98 Å². The first-order valence-corrected chi connectivity index (χ1v) is 8.64. The van der Waals surface area contributed by atoms with Crippen molar-refractivity contribution in [2.45, 2.75) is 6.92 Å².